The Bertz CT molecular complexity index is 2180. The molecule has 0 bridgehead atoms. The van der Waals surface area contributed by atoms with Gasteiger partial charge in [-0.2, -0.15) is 0 Å². The highest BCUT2D eigenvalue weighted by Crippen LogP contribution is 2.54. The number of hydrogen-bond donors (Lipinski definition) is 1. The third-order valence-corrected chi connectivity index (χ3v) is 19.2. The molecule has 1 N–H and O–H groups in total. The van der Waals surface area contributed by atoms with Crippen LogP contribution in [-0.2, 0) is 45.5 Å². The first-order valence-electron chi connectivity index (χ1n) is 21.1. The molecular weight excluding hydrogens is 782 g/mol. The zero-order valence-electron chi connectivity index (χ0n) is 34.9. The van der Waals surface area contributed by atoms with Gasteiger partial charge in [0.05, 0.1) is 29.7 Å². The molecule has 2 saturated carbocycles. The molecule has 8 rings (SSSR count). The lowest BCUT2D eigenvalue weighted by Crippen LogP contribution is -2.66. The van der Waals surface area contributed by atoms with E-state index in [1.165, 1.54) is 10.4 Å². The number of carboxylic acids is 1. The maximum absolute atomic E-state index is 14.8. The molecule has 3 aromatic carbocycles. The summed E-state index contributed by atoms with van der Waals surface area (Å²) in [5.41, 5.74) is 1.92. The number of hydrogen-bond acceptors (Lipinski definition) is 7. The quantitative estimate of drug-likeness (QED) is 0.154. The lowest BCUT2D eigenvalue weighted by Gasteiger charge is -2.45. The van der Waals surface area contributed by atoms with Crippen LogP contribution in [0.5, 0.6) is 5.75 Å². The molecule has 4 aromatic rings. The first-order chi connectivity index (χ1) is 28.2. The van der Waals surface area contributed by atoms with Crippen molar-refractivity contribution in [3.8, 4) is 5.75 Å². The highest BCUT2D eigenvalue weighted by molar-refractivity contribution is 6.99. The number of nitrogens with zero attached hydrogens (tertiary/aromatic N) is 5. The topological polar surface area (TPSA) is 127 Å². The summed E-state index contributed by atoms with van der Waals surface area (Å²) in [5.74, 6) is -1.16. The number of carboxylic acid groups (broad SMARTS) is 1. The van der Waals surface area contributed by atoms with Crippen LogP contribution in [0.25, 0.3) is 0 Å². The number of rotatable bonds is 12. The first kappa shape index (κ1) is 41.2. The molecule has 59 heavy (non-hydrogen) atoms. The van der Waals surface area contributed by atoms with E-state index in [0.717, 1.165) is 42.5 Å². The van der Waals surface area contributed by atoms with Crippen molar-refractivity contribution in [2.45, 2.75) is 103 Å². The van der Waals surface area contributed by atoms with Gasteiger partial charge in [-0.3, -0.25) is 14.4 Å². The van der Waals surface area contributed by atoms with Gasteiger partial charge in [0.15, 0.2) is 0 Å². The molecule has 0 unspecified atom stereocenters. The number of likely N-dealkylation sites (tertiary alicyclic amines) is 1. The van der Waals surface area contributed by atoms with Gasteiger partial charge in [-0.05, 0) is 77.6 Å². The summed E-state index contributed by atoms with van der Waals surface area (Å²) in [6, 6.07) is 24.1. The minimum absolute atomic E-state index is 0.0290. The van der Waals surface area contributed by atoms with E-state index in [2.05, 4.69) is 79.6 Å². The van der Waals surface area contributed by atoms with E-state index in [4.69, 9.17) is 20.8 Å². The van der Waals surface area contributed by atoms with Gasteiger partial charge in [0, 0.05) is 43.7 Å². The number of carbonyl (C=O) groups is 3. The lowest BCUT2D eigenvalue weighted by molar-refractivity contribution is -0.162. The van der Waals surface area contributed by atoms with E-state index in [1.807, 2.05) is 41.1 Å². The Hall–Kier alpha value is -4.52. The second-order valence-corrected chi connectivity index (χ2v) is 23.3. The summed E-state index contributed by atoms with van der Waals surface area (Å²) in [4.78, 5) is 44.8. The van der Waals surface area contributed by atoms with Gasteiger partial charge >= 0.3 is 5.97 Å². The van der Waals surface area contributed by atoms with E-state index in [-0.39, 0.29) is 42.0 Å². The van der Waals surface area contributed by atoms with Gasteiger partial charge in [-0.25, -0.2) is 4.68 Å². The van der Waals surface area contributed by atoms with Crippen LogP contribution in [0.4, 0.5) is 0 Å². The van der Waals surface area contributed by atoms with Gasteiger partial charge in [-0.15, -0.1) is 5.10 Å². The Morgan fingerprint density at radius 2 is 1.64 bits per heavy atom. The van der Waals surface area contributed by atoms with E-state index in [0.29, 0.717) is 55.2 Å². The number of aromatic nitrogens is 3. The van der Waals surface area contributed by atoms with E-state index in [1.54, 1.807) is 11.6 Å². The van der Waals surface area contributed by atoms with Crippen molar-refractivity contribution in [1.29, 1.82) is 0 Å². The first-order valence-corrected chi connectivity index (χ1v) is 23.3. The number of benzene rings is 3. The van der Waals surface area contributed by atoms with Crippen LogP contribution in [0.2, 0.25) is 10.1 Å². The van der Waals surface area contributed by atoms with Crippen molar-refractivity contribution in [2.75, 3.05) is 19.6 Å². The smallest absolute Gasteiger partial charge is 0.310 e. The summed E-state index contributed by atoms with van der Waals surface area (Å²) in [7, 11) is -1.02. The van der Waals surface area contributed by atoms with Gasteiger partial charge in [0.25, 0.3) is 8.32 Å². The second-order valence-electron chi connectivity index (χ2n) is 18.6. The number of amides is 2. The van der Waals surface area contributed by atoms with Crippen molar-refractivity contribution in [1.82, 2.24) is 24.8 Å². The molecule has 1 saturated heterocycles. The summed E-state index contributed by atoms with van der Waals surface area (Å²) >= 11 is 6.95. The molecule has 1 spiro atoms. The van der Waals surface area contributed by atoms with E-state index < -0.39 is 31.7 Å². The minimum atomic E-state index is -2.88. The van der Waals surface area contributed by atoms with Crippen LogP contribution in [-0.4, -0.2) is 75.6 Å². The van der Waals surface area contributed by atoms with Crippen LogP contribution in [0.3, 0.4) is 0 Å². The highest BCUT2D eigenvalue weighted by Gasteiger charge is 2.54. The summed E-state index contributed by atoms with van der Waals surface area (Å²) in [5, 5.41) is 22.1. The van der Waals surface area contributed by atoms with Crippen LogP contribution in [0.1, 0.15) is 101 Å². The largest absolute Gasteiger partial charge is 0.487 e. The van der Waals surface area contributed by atoms with Crippen molar-refractivity contribution in [3.63, 3.8) is 0 Å². The minimum Gasteiger partial charge on any atom is -0.487 e. The maximum Gasteiger partial charge on any atom is 0.310 e. The standard InChI is InChI=1S/C46H56ClN5O6Si/c1-44(2,3)59(31-14-8-6-9-15-31,32-16-10-7-11-17-32)58-29-38-36(48-49-50(38)5)28-57-39-20-19-35(47)33-21-25-52(42(54)34-18-12-13-22-45(34,4)43(55)56)37(41(33)39)27-51-30-46(23-24-46)26-40(51)53/h6-11,14-17,19-20,34,37H,12-13,18,21-30H2,1-5H3,(H,55,56)/t34-,37+,45-/m0/s1. The molecule has 3 atom stereocenters. The van der Waals surface area contributed by atoms with E-state index >= 15 is 0 Å². The van der Waals surface area contributed by atoms with Gasteiger partial charge in [0.2, 0.25) is 11.8 Å². The Morgan fingerprint density at radius 3 is 2.25 bits per heavy atom. The van der Waals surface area contributed by atoms with Gasteiger partial charge < -0.3 is 24.1 Å². The maximum atomic E-state index is 14.8. The summed E-state index contributed by atoms with van der Waals surface area (Å²) in [6.07, 6.45) is 5.56. The van der Waals surface area contributed by atoms with Gasteiger partial charge in [-0.1, -0.05) is 111 Å². The monoisotopic (exact) mass is 837 g/mol. The van der Waals surface area contributed by atoms with E-state index in [9.17, 15) is 19.5 Å². The van der Waals surface area contributed by atoms with Gasteiger partial charge in [0.1, 0.15) is 18.1 Å². The Kier molecular flexibility index (Phi) is 11.1. The number of ether oxygens (including phenoxy) is 1. The normalized spacial score (nSPS) is 22.7. The van der Waals surface area contributed by atoms with Crippen LogP contribution >= 0.6 is 11.6 Å². The number of aryl methyl sites for hydroxylation is 1. The highest BCUT2D eigenvalue weighted by atomic mass is 35.5. The summed E-state index contributed by atoms with van der Waals surface area (Å²) < 4.78 is 15.8. The van der Waals surface area contributed by atoms with Crippen LogP contribution < -0.4 is 15.1 Å². The molecule has 3 heterocycles. The molecule has 3 fully saturated rings. The molecule has 11 nitrogen and oxygen atoms in total. The Labute approximate surface area is 353 Å². The fourth-order valence-corrected chi connectivity index (χ4v) is 15.0. The Morgan fingerprint density at radius 1 is 0.966 bits per heavy atom. The zero-order valence-corrected chi connectivity index (χ0v) is 36.6. The fraction of sp³-hybridized carbons (Fsp3) is 0.500. The third-order valence-electron chi connectivity index (χ3n) is 13.8. The van der Waals surface area contributed by atoms with Crippen molar-refractivity contribution < 1.29 is 28.7 Å². The number of fused-ring (bicyclic) bond motifs is 1. The molecule has 312 valence electrons. The molecule has 13 heteroatoms. The average molecular weight is 839 g/mol. The molecule has 2 aliphatic heterocycles. The average Bonchev–Trinajstić information content (AvgIpc) is 3.77. The van der Waals surface area contributed by atoms with Crippen LogP contribution in [0.15, 0.2) is 72.8 Å². The SMILES string of the molecule is Cn1nnc(COc2ccc(Cl)c3c2[C@@H](CN2CC4(CC4)CC2=O)N(C(=O)[C@@H]2CCCC[C@]2(C)C(=O)O)CC3)c1CO[Si](c1ccccc1)(c1ccccc1)C(C)(C)C. The molecule has 1 aromatic heterocycles. The second kappa shape index (κ2) is 15.8. The van der Waals surface area contributed by atoms with Crippen molar-refractivity contribution in [3.05, 3.63) is 100 Å². The van der Waals surface area contributed by atoms with Crippen LogP contribution in [0, 0.1) is 16.7 Å². The molecule has 4 aliphatic rings. The molecular formula is C46H56ClN5O6Si. The summed E-state index contributed by atoms with van der Waals surface area (Å²) in [6.45, 7) is 10.1. The zero-order chi connectivity index (χ0) is 41.7. The fourth-order valence-electron chi connectivity index (χ4n) is 10.2. The molecule has 0 radical (unpaired) electrons. The molecule has 2 amide bonds. The number of halogens is 1. The molecule has 2 aliphatic carbocycles. The predicted molar refractivity (Wildman–Crippen MR) is 228 cm³/mol. The van der Waals surface area contributed by atoms with Crippen molar-refractivity contribution >= 4 is 48.1 Å². The predicted octanol–water partition coefficient (Wildman–Crippen LogP) is 6.84. The third kappa shape index (κ3) is 7.50. The lowest BCUT2D eigenvalue weighted by atomic mass is 9.66. The van der Waals surface area contributed by atoms with Crippen molar-refractivity contribution in [2.24, 2.45) is 23.8 Å². The Balaban J connectivity index is 1.12. The number of aliphatic carboxylic acids is 1. The number of carbonyl (C=O) groups excluding carboxylic acids is 2.